The third-order valence-electron chi connectivity index (χ3n) is 6.14. The zero-order valence-electron chi connectivity index (χ0n) is 21.1. The van der Waals surface area contributed by atoms with Gasteiger partial charge in [0.05, 0.1) is 17.3 Å². The summed E-state index contributed by atoms with van der Waals surface area (Å²) < 4.78 is 34.1. The quantitative estimate of drug-likeness (QED) is 0.140. The van der Waals surface area contributed by atoms with Crippen molar-refractivity contribution in [3.63, 3.8) is 0 Å². The van der Waals surface area contributed by atoms with Crippen LogP contribution in [0.1, 0.15) is 44.7 Å². The summed E-state index contributed by atoms with van der Waals surface area (Å²) >= 11 is 0. The maximum absolute atomic E-state index is 14.2. The third kappa shape index (κ3) is 6.32. The molecule has 0 spiro atoms. The Labute approximate surface area is 223 Å². The lowest BCUT2D eigenvalue weighted by atomic mass is 9.90. The molecule has 4 rings (SSSR count). The van der Waals surface area contributed by atoms with Crippen LogP contribution in [0.15, 0.2) is 84.9 Å². The van der Waals surface area contributed by atoms with Gasteiger partial charge in [0.2, 0.25) is 6.43 Å². The molecule has 200 valence electrons. The number of hydrogen-bond donors (Lipinski definition) is 4. The number of benzene rings is 4. The number of halogens is 2. The molecule has 0 radical (unpaired) electrons. The number of amides is 1. The first-order valence-corrected chi connectivity index (χ1v) is 12.0. The van der Waals surface area contributed by atoms with Crippen LogP contribution in [0.4, 0.5) is 20.2 Å². The molecule has 4 N–H and O–H groups in total. The van der Waals surface area contributed by atoms with Crippen LogP contribution in [0.5, 0.6) is 23.0 Å². The van der Waals surface area contributed by atoms with Gasteiger partial charge in [-0.3, -0.25) is 9.59 Å². The molecule has 4 aromatic rings. The second-order valence-electron chi connectivity index (χ2n) is 8.78. The predicted octanol–water partition coefficient (Wildman–Crippen LogP) is 6.78. The number of carbonyl (C=O) groups excluding carboxylic acids is 2. The molecule has 0 fully saturated rings. The summed E-state index contributed by atoms with van der Waals surface area (Å²) in [6, 6.07) is 20.9. The second kappa shape index (κ2) is 11.6. The van der Waals surface area contributed by atoms with E-state index in [9.17, 15) is 28.6 Å². The van der Waals surface area contributed by atoms with E-state index in [1.165, 1.54) is 55.5 Å². The first-order valence-electron chi connectivity index (χ1n) is 12.0. The van der Waals surface area contributed by atoms with Crippen LogP contribution < -0.4 is 15.4 Å². The molecular formula is C30H26F2N2O5. The van der Waals surface area contributed by atoms with E-state index in [4.69, 9.17) is 4.74 Å². The van der Waals surface area contributed by atoms with Crippen LogP contribution in [0.3, 0.4) is 0 Å². The molecule has 0 aliphatic heterocycles. The van der Waals surface area contributed by atoms with Gasteiger partial charge in [0.1, 0.15) is 23.0 Å². The van der Waals surface area contributed by atoms with Gasteiger partial charge in [0.15, 0.2) is 5.78 Å². The van der Waals surface area contributed by atoms with Crippen molar-refractivity contribution >= 4 is 23.1 Å². The number of anilines is 2. The second-order valence-corrected chi connectivity index (χ2v) is 8.78. The number of carbonyl (C=O) groups is 2. The van der Waals surface area contributed by atoms with Gasteiger partial charge >= 0.3 is 0 Å². The van der Waals surface area contributed by atoms with Crippen LogP contribution in [0.25, 0.3) is 0 Å². The molecule has 0 heterocycles. The minimum absolute atomic E-state index is 0.0262. The Kier molecular flexibility index (Phi) is 8.10. The van der Waals surface area contributed by atoms with Gasteiger partial charge < -0.3 is 25.6 Å². The van der Waals surface area contributed by atoms with E-state index in [2.05, 4.69) is 10.6 Å². The van der Waals surface area contributed by atoms with E-state index >= 15 is 0 Å². The minimum atomic E-state index is -2.79. The number of phenolic OH excluding ortho intramolecular Hbond substituents is 2. The maximum atomic E-state index is 14.2. The Balaban J connectivity index is 1.51. The van der Waals surface area contributed by atoms with Gasteiger partial charge in [-0.1, -0.05) is 12.1 Å². The van der Waals surface area contributed by atoms with Gasteiger partial charge in [-0.05, 0) is 90.8 Å². The minimum Gasteiger partial charge on any atom is -0.506 e. The maximum Gasteiger partial charge on any atom is 0.255 e. The summed E-state index contributed by atoms with van der Waals surface area (Å²) in [4.78, 5) is 24.3. The van der Waals surface area contributed by atoms with Crippen LogP contribution in [0.2, 0.25) is 0 Å². The fraction of sp³-hybridized carbons (Fsp3) is 0.133. The first-order chi connectivity index (χ1) is 18.7. The van der Waals surface area contributed by atoms with Gasteiger partial charge in [-0.15, -0.1) is 0 Å². The molecule has 1 amide bonds. The summed E-state index contributed by atoms with van der Waals surface area (Å²) in [6.45, 7) is 1.47. The van der Waals surface area contributed by atoms with Crippen molar-refractivity contribution < 1.29 is 33.3 Å². The Morgan fingerprint density at radius 1 is 0.744 bits per heavy atom. The summed E-state index contributed by atoms with van der Waals surface area (Å²) in [7, 11) is 1.57. The van der Waals surface area contributed by atoms with Crippen molar-refractivity contribution in [1.29, 1.82) is 0 Å². The Bertz CT molecular complexity index is 1490. The number of phenols is 2. The summed E-state index contributed by atoms with van der Waals surface area (Å²) in [6.07, 6.45) is -2.79. The molecule has 0 aliphatic rings. The van der Waals surface area contributed by atoms with E-state index < -0.39 is 18.3 Å². The zero-order chi connectivity index (χ0) is 28.1. The monoisotopic (exact) mass is 532 g/mol. The molecule has 0 saturated carbocycles. The average Bonchev–Trinajstić information content (AvgIpc) is 2.92. The van der Waals surface area contributed by atoms with E-state index in [0.717, 1.165) is 0 Å². The highest BCUT2D eigenvalue weighted by Crippen LogP contribution is 2.38. The van der Waals surface area contributed by atoms with Crippen molar-refractivity contribution in [3.8, 4) is 23.0 Å². The molecule has 0 aromatic heterocycles. The van der Waals surface area contributed by atoms with Crippen molar-refractivity contribution in [2.45, 2.75) is 19.3 Å². The van der Waals surface area contributed by atoms with Crippen molar-refractivity contribution in [2.75, 3.05) is 17.7 Å². The summed E-state index contributed by atoms with van der Waals surface area (Å²) in [5.74, 6) is -1.36. The smallest absolute Gasteiger partial charge is 0.255 e. The molecule has 1 atom stereocenters. The fourth-order valence-electron chi connectivity index (χ4n) is 4.04. The zero-order valence-corrected chi connectivity index (χ0v) is 21.1. The van der Waals surface area contributed by atoms with Crippen LogP contribution in [0, 0.1) is 0 Å². The lowest BCUT2D eigenvalue weighted by molar-refractivity contribution is 0.101. The number of nitrogens with one attached hydrogen (secondary N) is 2. The average molecular weight is 533 g/mol. The number of hydrogen-bond acceptors (Lipinski definition) is 6. The summed E-state index contributed by atoms with van der Waals surface area (Å²) in [5, 5.41) is 25.5. The van der Waals surface area contributed by atoms with Crippen molar-refractivity contribution in [1.82, 2.24) is 0 Å². The number of ketones is 1. The number of alkyl halides is 2. The number of Topliss-reactive ketones (excluding diaryl/α,β-unsaturated/α-hetero) is 1. The number of rotatable bonds is 9. The molecule has 0 bridgehead atoms. The van der Waals surface area contributed by atoms with Gasteiger partial charge in [0, 0.05) is 18.2 Å². The standard InChI is InChI=1S/C30H26F2N2O5/c1-17(35)18-3-9-22(10-4-18)39-23-11-5-19(6-12-23)30(38)34-25-16-21(8-14-27(25)37)28(29(31)32)20-7-13-26(36)24(15-20)33-2/h3-16,28-29,33,36-37H,1-2H3,(H,34,38). The number of ether oxygens (including phenoxy) is 1. The highest BCUT2D eigenvalue weighted by Gasteiger charge is 2.26. The van der Waals surface area contributed by atoms with Gasteiger partial charge in [-0.2, -0.15) is 0 Å². The fourth-order valence-corrected chi connectivity index (χ4v) is 4.04. The Hall–Kier alpha value is -4.92. The highest BCUT2D eigenvalue weighted by molar-refractivity contribution is 6.05. The lowest BCUT2D eigenvalue weighted by Crippen LogP contribution is -2.14. The Morgan fingerprint density at radius 3 is 1.72 bits per heavy atom. The lowest BCUT2D eigenvalue weighted by Gasteiger charge is -2.20. The normalized spacial score (nSPS) is 11.6. The van der Waals surface area contributed by atoms with Gasteiger partial charge in [-0.25, -0.2) is 8.78 Å². The van der Waals surface area contributed by atoms with Crippen LogP contribution in [-0.4, -0.2) is 35.4 Å². The van der Waals surface area contributed by atoms with E-state index in [1.54, 1.807) is 43.4 Å². The molecular weight excluding hydrogens is 506 g/mol. The highest BCUT2D eigenvalue weighted by atomic mass is 19.3. The van der Waals surface area contributed by atoms with Crippen molar-refractivity contribution in [3.05, 3.63) is 107 Å². The van der Waals surface area contributed by atoms with E-state index in [1.807, 2.05) is 0 Å². The van der Waals surface area contributed by atoms with Crippen LogP contribution >= 0.6 is 0 Å². The van der Waals surface area contributed by atoms with Gasteiger partial charge in [0.25, 0.3) is 5.91 Å². The molecule has 0 saturated heterocycles. The molecule has 7 nitrogen and oxygen atoms in total. The third-order valence-corrected chi connectivity index (χ3v) is 6.14. The SMILES string of the molecule is CNc1cc(C(c2ccc(O)c(NC(=O)c3ccc(Oc4ccc(C(C)=O)cc4)cc3)c2)C(F)F)ccc1O. The predicted molar refractivity (Wildman–Crippen MR) is 145 cm³/mol. The molecule has 9 heteroatoms. The van der Waals surface area contributed by atoms with Crippen molar-refractivity contribution in [2.24, 2.45) is 0 Å². The van der Waals surface area contributed by atoms with Crippen LogP contribution in [-0.2, 0) is 0 Å². The van der Waals surface area contributed by atoms with E-state index in [-0.39, 0.29) is 39.7 Å². The topological polar surface area (TPSA) is 108 Å². The number of aromatic hydroxyl groups is 2. The largest absolute Gasteiger partial charge is 0.506 e. The summed E-state index contributed by atoms with van der Waals surface area (Å²) in [5.41, 5.74) is 1.51. The Morgan fingerprint density at radius 2 is 1.23 bits per heavy atom. The first kappa shape index (κ1) is 27.1. The van der Waals surface area contributed by atoms with E-state index in [0.29, 0.717) is 22.7 Å². The molecule has 1 unspecified atom stereocenters. The molecule has 0 aliphatic carbocycles. The molecule has 4 aromatic carbocycles. The molecule has 39 heavy (non-hydrogen) atoms.